The van der Waals surface area contributed by atoms with Crippen molar-refractivity contribution in [1.29, 1.82) is 0 Å². The Kier molecular flexibility index (Phi) is 2.10. The molecule has 0 saturated heterocycles. The third-order valence-corrected chi connectivity index (χ3v) is 1.54. The first-order valence-corrected chi connectivity index (χ1v) is 3.20. The molecule has 0 aliphatic rings. The standard InChI is InChI=1S/C7H7N3O.ClH/c8-7-2-1-6-5(9-7)3-4-10(6)11;/h1-4,11H,(H2,8,9);1H. The Hall–Kier alpha value is -1.42. The third-order valence-electron chi connectivity index (χ3n) is 1.54. The maximum atomic E-state index is 9.14. The fourth-order valence-corrected chi connectivity index (χ4v) is 1.02. The van der Waals surface area contributed by atoms with Crippen LogP contribution in [0.4, 0.5) is 5.82 Å². The first-order chi connectivity index (χ1) is 5.27. The average Bonchev–Trinajstić information content (AvgIpc) is 2.32. The van der Waals surface area contributed by atoms with Gasteiger partial charge in [0.2, 0.25) is 0 Å². The van der Waals surface area contributed by atoms with Crippen LogP contribution in [0.5, 0.6) is 0 Å². The van der Waals surface area contributed by atoms with Gasteiger partial charge in [-0.05, 0) is 18.2 Å². The number of hydrogen-bond donors (Lipinski definition) is 2. The summed E-state index contributed by atoms with van der Waals surface area (Å²) in [6, 6.07) is 5.07. The van der Waals surface area contributed by atoms with E-state index in [1.54, 1.807) is 18.2 Å². The van der Waals surface area contributed by atoms with Gasteiger partial charge < -0.3 is 10.9 Å². The van der Waals surface area contributed by atoms with E-state index in [4.69, 9.17) is 10.9 Å². The lowest BCUT2D eigenvalue weighted by molar-refractivity contribution is 0.200. The number of hydrogen-bond acceptors (Lipinski definition) is 3. The summed E-state index contributed by atoms with van der Waals surface area (Å²) < 4.78 is 1.02. The molecule has 0 spiro atoms. The number of pyridine rings is 1. The molecule has 12 heavy (non-hydrogen) atoms. The summed E-state index contributed by atoms with van der Waals surface area (Å²) in [5, 5.41) is 9.14. The molecule has 0 atom stereocenters. The highest BCUT2D eigenvalue weighted by Crippen LogP contribution is 2.12. The van der Waals surface area contributed by atoms with Gasteiger partial charge in [0.1, 0.15) is 11.3 Å². The smallest absolute Gasteiger partial charge is 0.124 e. The highest BCUT2D eigenvalue weighted by atomic mass is 35.5. The molecule has 0 aromatic carbocycles. The summed E-state index contributed by atoms with van der Waals surface area (Å²) in [7, 11) is 0. The minimum atomic E-state index is 0. The molecule has 2 heterocycles. The molecule has 2 aromatic rings. The topological polar surface area (TPSA) is 64.1 Å². The lowest BCUT2D eigenvalue weighted by atomic mass is 10.4. The van der Waals surface area contributed by atoms with Gasteiger partial charge in [0, 0.05) is 6.20 Å². The van der Waals surface area contributed by atoms with Crippen LogP contribution in [0.15, 0.2) is 24.4 Å². The molecule has 0 radical (unpaired) electrons. The van der Waals surface area contributed by atoms with Crippen LogP contribution in [0.3, 0.4) is 0 Å². The fraction of sp³-hybridized carbons (Fsp3) is 0. The number of nitrogens with two attached hydrogens (primary N) is 1. The number of anilines is 1. The van der Waals surface area contributed by atoms with Crippen molar-refractivity contribution in [2.24, 2.45) is 0 Å². The van der Waals surface area contributed by atoms with Crippen LogP contribution in [0, 0.1) is 0 Å². The lowest BCUT2D eigenvalue weighted by Crippen LogP contribution is -1.90. The van der Waals surface area contributed by atoms with E-state index >= 15 is 0 Å². The molecular weight excluding hydrogens is 178 g/mol. The quantitative estimate of drug-likeness (QED) is 0.608. The minimum Gasteiger partial charge on any atom is -0.428 e. The molecule has 0 bridgehead atoms. The second kappa shape index (κ2) is 2.91. The molecule has 0 fully saturated rings. The molecule has 2 aromatic heterocycles. The Morgan fingerprint density at radius 2 is 2.08 bits per heavy atom. The van der Waals surface area contributed by atoms with Crippen LogP contribution in [-0.4, -0.2) is 14.9 Å². The molecular formula is C7H8ClN3O. The maximum absolute atomic E-state index is 9.14. The van der Waals surface area contributed by atoms with Crippen molar-refractivity contribution in [1.82, 2.24) is 9.71 Å². The SMILES string of the molecule is Cl.Nc1ccc2c(ccn2O)n1. The van der Waals surface area contributed by atoms with E-state index in [2.05, 4.69) is 4.98 Å². The molecule has 0 unspecified atom stereocenters. The molecule has 5 heteroatoms. The van der Waals surface area contributed by atoms with Crippen LogP contribution in [-0.2, 0) is 0 Å². The van der Waals surface area contributed by atoms with Gasteiger partial charge in [0.25, 0.3) is 0 Å². The van der Waals surface area contributed by atoms with Crippen molar-refractivity contribution >= 4 is 29.3 Å². The number of rotatable bonds is 0. The van der Waals surface area contributed by atoms with Crippen molar-refractivity contribution in [2.45, 2.75) is 0 Å². The zero-order valence-electron chi connectivity index (χ0n) is 6.14. The molecule has 0 aliphatic carbocycles. The van der Waals surface area contributed by atoms with Gasteiger partial charge in [-0.3, -0.25) is 0 Å². The number of aromatic nitrogens is 2. The Bertz CT molecular complexity index is 398. The molecule has 2 rings (SSSR count). The Labute approximate surface area is 75.0 Å². The molecule has 4 nitrogen and oxygen atoms in total. The zero-order chi connectivity index (χ0) is 7.84. The van der Waals surface area contributed by atoms with Crippen molar-refractivity contribution in [2.75, 3.05) is 5.73 Å². The van der Waals surface area contributed by atoms with Crippen molar-refractivity contribution in [3.63, 3.8) is 0 Å². The number of nitrogen functional groups attached to an aromatic ring is 1. The van der Waals surface area contributed by atoms with Crippen molar-refractivity contribution in [3.8, 4) is 0 Å². The zero-order valence-corrected chi connectivity index (χ0v) is 6.95. The Balaban J connectivity index is 0.000000720. The van der Waals surface area contributed by atoms with E-state index < -0.39 is 0 Å². The summed E-state index contributed by atoms with van der Waals surface area (Å²) in [6.45, 7) is 0. The van der Waals surface area contributed by atoms with Gasteiger partial charge in [-0.25, -0.2) is 4.98 Å². The highest BCUT2D eigenvalue weighted by Gasteiger charge is 1.99. The van der Waals surface area contributed by atoms with E-state index in [1.807, 2.05) is 0 Å². The van der Waals surface area contributed by atoms with Gasteiger partial charge >= 0.3 is 0 Å². The predicted molar refractivity (Wildman–Crippen MR) is 48.6 cm³/mol. The van der Waals surface area contributed by atoms with E-state index in [9.17, 15) is 0 Å². The molecule has 64 valence electrons. The average molecular weight is 186 g/mol. The van der Waals surface area contributed by atoms with Gasteiger partial charge in [-0.1, -0.05) is 0 Å². The first-order valence-electron chi connectivity index (χ1n) is 3.20. The van der Waals surface area contributed by atoms with E-state index in [-0.39, 0.29) is 12.4 Å². The second-order valence-corrected chi connectivity index (χ2v) is 2.30. The summed E-state index contributed by atoms with van der Waals surface area (Å²) in [5.74, 6) is 0.462. The van der Waals surface area contributed by atoms with E-state index in [0.29, 0.717) is 16.9 Å². The van der Waals surface area contributed by atoms with Gasteiger partial charge in [0.15, 0.2) is 0 Å². The summed E-state index contributed by atoms with van der Waals surface area (Å²) in [4.78, 5) is 3.99. The van der Waals surface area contributed by atoms with E-state index in [0.717, 1.165) is 4.73 Å². The molecule has 0 amide bonds. The van der Waals surface area contributed by atoms with Gasteiger partial charge in [-0.15, -0.1) is 12.4 Å². The molecule has 3 N–H and O–H groups in total. The maximum Gasteiger partial charge on any atom is 0.124 e. The van der Waals surface area contributed by atoms with Crippen LogP contribution < -0.4 is 5.73 Å². The van der Waals surface area contributed by atoms with Gasteiger partial charge in [-0.2, -0.15) is 4.73 Å². The minimum absolute atomic E-state index is 0. The van der Waals surface area contributed by atoms with Crippen LogP contribution in [0.25, 0.3) is 11.0 Å². The fourth-order valence-electron chi connectivity index (χ4n) is 1.02. The van der Waals surface area contributed by atoms with Crippen molar-refractivity contribution < 1.29 is 5.21 Å². The Morgan fingerprint density at radius 1 is 1.33 bits per heavy atom. The second-order valence-electron chi connectivity index (χ2n) is 2.30. The number of halogens is 1. The monoisotopic (exact) mass is 185 g/mol. The van der Waals surface area contributed by atoms with Crippen LogP contribution in [0.1, 0.15) is 0 Å². The third kappa shape index (κ3) is 1.16. The normalized spacial score (nSPS) is 9.67. The predicted octanol–water partition coefficient (Wildman–Crippen LogP) is 1.28. The van der Waals surface area contributed by atoms with Crippen LogP contribution in [0.2, 0.25) is 0 Å². The van der Waals surface area contributed by atoms with E-state index in [1.165, 1.54) is 6.20 Å². The van der Waals surface area contributed by atoms with Gasteiger partial charge in [0.05, 0.1) is 5.52 Å². The van der Waals surface area contributed by atoms with Crippen LogP contribution >= 0.6 is 12.4 Å². The number of fused-ring (bicyclic) bond motifs is 1. The lowest BCUT2D eigenvalue weighted by Gasteiger charge is -1.94. The molecule has 0 aliphatic heterocycles. The number of nitrogens with zero attached hydrogens (tertiary/aromatic N) is 2. The summed E-state index contributed by atoms with van der Waals surface area (Å²) >= 11 is 0. The Morgan fingerprint density at radius 3 is 2.83 bits per heavy atom. The molecule has 0 saturated carbocycles. The summed E-state index contributed by atoms with van der Waals surface area (Å²) in [6.07, 6.45) is 1.52. The largest absolute Gasteiger partial charge is 0.428 e. The first kappa shape index (κ1) is 8.67. The van der Waals surface area contributed by atoms with Crippen molar-refractivity contribution in [3.05, 3.63) is 24.4 Å². The highest BCUT2D eigenvalue weighted by molar-refractivity contribution is 5.85. The summed E-state index contributed by atoms with van der Waals surface area (Å²) in [5.41, 5.74) is 6.80.